The van der Waals surface area contributed by atoms with Gasteiger partial charge < -0.3 is 9.72 Å². The van der Waals surface area contributed by atoms with Crippen LogP contribution < -0.4 is 4.74 Å². The second kappa shape index (κ2) is 5.82. The lowest BCUT2D eigenvalue weighted by Gasteiger charge is -2.46. The van der Waals surface area contributed by atoms with Gasteiger partial charge in [0.15, 0.2) is 0 Å². The van der Waals surface area contributed by atoms with Gasteiger partial charge in [-0.15, -0.1) is 6.58 Å². The van der Waals surface area contributed by atoms with Crippen molar-refractivity contribution >= 4 is 10.9 Å². The van der Waals surface area contributed by atoms with E-state index in [1.54, 1.807) is 7.11 Å². The molecule has 1 saturated heterocycles. The van der Waals surface area contributed by atoms with Crippen molar-refractivity contribution in [2.24, 2.45) is 11.8 Å². The van der Waals surface area contributed by atoms with Crippen molar-refractivity contribution in [3.05, 3.63) is 54.3 Å². The molecule has 1 N–H and O–H groups in total. The average molecular weight is 322 g/mol. The molecule has 0 bridgehead atoms. The Bertz CT molecular complexity index is 804. The molecule has 3 heterocycles. The number of methoxy groups -OCH3 is 1. The first-order chi connectivity index (χ1) is 11.6. The second-order valence-corrected chi connectivity index (χ2v) is 7.25. The van der Waals surface area contributed by atoms with Crippen molar-refractivity contribution < 1.29 is 4.74 Å². The van der Waals surface area contributed by atoms with Crippen LogP contribution >= 0.6 is 0 Å². The summed E-state index contributed by atoms with van der Waals surface area (Å²) >= 11 is 0. The lowest BCUT2D eigenvalue weighted by Crippen LogP contribution is -2.45. The van der Waals surface area contributed by atoms with Crippen LogP contribution in [0.2, 0.25) is 0 Å². The molecule has 0 saturated carbocycles. The summed E-state index contributed by atoms with van der Waals surface area (Å²) in [5.41, 5.74) is 5.30. The average Bonchev–Trinajstić information content (AvgIpc) is 2.99. The van der Waals surface area contributed by atoms with Gasteiger partial charge in [-0.05, 0) is 49.3 Å². The predicted molar refractivity (Wildman–Crippen MR) is 99.5 cm³/mol. The highest BCUT2D eigenvalue weighted by Crippen LogP contribution is 2.46. The number of benzene rings is 1. The van der Waals surface area contributed by atoms with E-state index in [4.69, 9.17) is 4.74 Å². The molecule has 1 aromatic heterocycles. The molecule has 0 aliphatic carbocycles. The van der Waals surface area contributed by atoms with Gasteiger partial charge >= 0.3 is 0 Å². The number of piperidine rings is 1. The standard InChI is InChI=1S/C21H26N2O/c1-5-14-12-23-10-9-15-20-17(7-6-8-19(20)24-4)22-21(15)18(23)11-16(14)13(2)3/h5-8,14,16,18,22H,1-2,9-12H2,3-4H3/t14-,16+,18-/m0/s1. The summed E-state index contributed by atoms with van der Waals surface area (Å²) in [4.78, 5) is 6.33. The van der Waals surface area contributed by atoms with Gasteiger partial charge in [-0.1, -0.05) is 24.3 Å². The summed E-state index contributed by atoms with van der Waals surface area (Å²) in [6.45, 7) is 12.7. The number of H-pyrrole nitrogens is 1. The van der Waals surface area contributed by atoms with Crippen LogP contribution in [0.1, 0.15) is 30.6 Å². The zero-order valence-corrected chi connectivity index (χ0v) is 14.6. The van der Waals surface area contributed by atoms with Gasteiger partial charge in [-0.2, -0.15) is 0 Å². The highest BCUT2D eigenvalue weighted by atomic mass is 16.5. The molecule has 3 nitrogen and oxygen atoms in total. The topological polar surface area (TPSA) is 28.3 Å². The molecule has 126 valence electrons. The highest BCUT2D eigenvalue weighted by Gasteiger charge is 2.39. The van der Waals surface area contributed by atoms with Crippen LogP contribution in [0.15, 0.2) is 43.0 Å². The molecule has 0 unspecified atom stereocenters. The SMILES string of the molecule is C=C[C@H]1CN2CCc3c([nH]c4cccc(OC)c34)[C@@H]2C[C@@H]1C(=C)C. The molecule has 0 amide bonds. The van der Waals surface area contributed by atoms with Crippen molar-refractivity contribution in [2.75, 3.05) is 20.2 Å². The highest BCUT2D eigenvalue weighted by molar-refractivity contribution is 5.91. The summed E-state index contributed by atoms with van der Waals surface area (Å²) < 4.78 is 5.62. The Morgan fingerprint density at radius 2 is 2.25 bits per heavy atom. The van der Waals surface area contributed by atoms with Crippen LogP contribution in [0.5, 0.6) is 5.75 Å². The summed E-state index contributed by atoms with van der Waals surface area (Å²) in [7, 11) is 1.76. The third-order valence-electron chi connectivity index (χ3n) is 5.94. The zero-order chi connectivity index (χ0) is 16.8. The number of hydrogen-bond donors (Lipinski definition) is 1. The minimum atomic E-state index is 0.448. The largest absolute Gasteiger partial charge is 0.496 e. The normalized spacial score (nSPS) is 26.7. The summed E-state index contributed by atoms with van der Waals surface area (Å²) in [6.07, 6.45) is 4.32. The first-order valence-electron chi connectivity index (χ1n) is 8.83. The fourth-order valence-electron chi connectivity index (χ4n) is 4.71. The van der Waals surface area contributed by atoms with E-state index < -0.39 is 0 Å². The molecule has 24 heavy (non-hydrogen) atoms. The van der Waals surface area contributed by atoms with Crippen LogP contribution in [0.4, 0.5) is 0 Å². The van der Waals surface area contributed by atoms with E-state index in [9.17, 15) is 0 Å². The predicted octanol–water partition coefficient (Wildman–Crippen LogP) is 4.47. The molecular formula is C21H26N2O. The smallest absolute Gasteiger partial charge is 0.128 e. The Hall–Kier alpha value is -2.00. The van der Waals surface area contributed by atoms with Gasteiger partial charge in [0, 0.05) is 29.7 Å². The Morgan fingerprint density at radius 1 is 1.42 bits per heavy atom. The molecule has 0 radical (unpaired) electrons. The summed E-state index contributed by atoms with van der Waals surface area (Å²) in [6, 6.07) is 6.73. The maximum atomic E-state index is 5.62. The molecule has 2 aliphatic heterocycles. The van der Waals surface area contributed by atoms with Crippen LogP contribution in [0.25, 0.3) is 10.9 Å². The molecule has 3 heteroatoms. The van der Waals surface area contributed by atoms with E-state index in [1.807, 2.05) is 0 Å². The molecule has 1 aromatic carbocycles. The van der Waals surface area contributed by atoms with Gasteiger partial charge in [0.2, 0.25) is 0 Å². The van der Waals surface area contributed by atoms with Gasteiger partial charge in [0.1, 0.15) is 5.75 Å². The number of nitrogens with zero attached hydrogens (tertiary/aromatic N) is 1. The van der Waals surface area contributed by atoms with E-state index in [0.29, 0.717) is 17.9 Å². The Morgan fingerprint density at radius 3 is 2.96 bits per heavy atom. The van der Waals surface area contributed by atoms with Crippen LogP contribution in [-0.2, 0) is 6.42 Å². The number of aromatic nitrogens is 1. The van der Waals surface area contributed by atoms with Crippen LogP contribution in [0.3, 0.4) is 0 Å². The van der Waals surface area contributed by atoms with Crippen LogP contribution in [-0.4, -0.2) is 30.1 Å². The van der Waals surface area contributed by atoms with Crippen molar-refractivity contribution in [3.8, 4) is 5.75 Å². The van der Waals surface area contributed by atoms with Gasteiger partial charge in [0.25, 0.3) is 0 Å². The van der Waals surface area contributed by atoms with Crippen molar-refractivity contribution in [1.82, 2.24) is 9.88 Å². The fourth-order valence-corrected chi connectivity index (χ4v) is 4.71. The third-order valence-corrected chi connectivity index (χ3v) is 5.94. The maximum absolute atomic E-state index is 5.62. The Kier molecular flexibility index (Phi) is 3.76. The number of fused-ring (bicyclic) bond motifs is 5. The monoisotopic (exact) mass is 322 g/mol. The van der Waals surface area contributed by atoms with Crippen molar-refractivity contribution in [2.45, 2.75) is 25.8 Å². The third kappa shape index (κ3) is 2.22. The zero-order valence-electron chi connectivity index (χ0n) is 14.6. The lowest BCUT2D eigenvalue weighted by molar-refractivity contribution is 0.0836. The Labute approximate surface area is 144 Å². The number of aromatic amines is 1. The number of rotatable bonds is 3. The van der Waals surface area contributed by atoms with Crippen molar-refractivity contribution in [1.29, 1.82) is 0 Å². The molecule has 1 fully saturated rings. The molecule has 0 spiro atoms. The minimum absolute atomic E-state index is 0.448. The van der Waals surface area contributed by atoms with E-state index in [2.05, 4.69) is 54.2 Å². The summed E-state index contributed by atoms with van der Waals surface area (Å²) in [5.74, 6) is 2.01. The summed E-state index contributed by atoms with van der Waals surface area (Å²) in [5, 5.41) is 1.27. The first-order valence-corrected chi connectivity index (χ1v) is 8.83. The maximum Gasteiger partial charge on any atom is 0.128 e. The number of hydrogen-bond acceptors (Lipinski definition) is 2. The molecule has 2 aromatic rings. The molecule has 3 atom stereocenters. The van der Waals surface area contributed by atoms with E-state index >= 15 is 0 Å². The van der Waals surface area contributed by atoms with E-state index in [-0.39, 0.29) is 0 Å². The van der Waals surface area contributed by atoms with Gasteiger partial charge in [-0.25, -0.2) is 0 Å². The lowest BCUT2D eigenvalue weighted by atomic mass is 9.75. The number of ether oxygens (including phenoxy) is 1. The second-order valence-electron chi connectivity index (χ2n) is 7.25. The molecule has 4 rings (SSSR count). The molecular weight excluding hydrogens is 296 g/mol. The van der Waals surface area contributed by atoms with Crippen LogP contribution in [0, 0.1) is 11.8 Å². The van der Waals surface area contributed by atoms with Gasteiger partial charge in [-0.3, -0.25) is 4.90 Å². The van der Waals surface area contributed by atoms with E-state index in [0.717, 1.165) is 31.7 Å². The fraction of sp³-hybridized carbons (Fsp3) is 0.429. The van der Waals surface area contributed by atoms with Gasteiger partial charge in [0.05, 0.1) is 13.2 Å². The van der Waals surface area contributed by atoms with Crippen molar-refractivity contribution in [3.63, 3.8) is 0 Å². The molecule has 2 aliphatic rings. The number of allylic oxidation sites excluding steroid dienone is 1. The first kappa shape index (κ1) is 15.5. The Balaban J connectivity index is 1.80. The minimum Gasteiger partial charge on any atom is -0.496 e. The quantitative estimate of drug-likeness (QED) is 0.844. The number of nitrogens with one attached hydrogen (secondary N) is 1. The van der Waals surface area contributed by atoms with E-state index in [1.165, 1.54) is 27.7 Å².